The van der Waals surface area contributed by atoms with Crippen molar-refractivity contribution in [2.45, 2.75) is 5.33 Å². The fourth-order valence-corrected chi connectivity index (χ4v) is 1.82. The van der Waals surface area contributed by atoms with E-state index in [1.807, 2.05) is 0 Å². The number of rotatable bonds is 1. The minimum atomic E-state index is -1.64. The van der Waals surface area contributed by atoms with Gasteiger partial charge in [-0.15, -0.1) is 0 Å². The Morgan fingerprint density at radius 3 is 1.92 bits per heavy atom. The fraction of sp³-hybridized carbons (Fsp3) is 0.143. The maximum atomic E-state index is 13.0. The molecule has 0 nitrogen and oxygen atoms in total. The molecule has 0 atom stereocenters. The topological polar surface area (TPSA) is 0 Å². The van der Waals surface area contributed by atoms with Gasteiger partial charge >= 0.3 is 0 Å². The summed E-state index contributed by atoms with van der Waals surface area (Å²) >= 11 is 4.06. The van der Waals surface area contributed by atoms with Gasteiger partial charge in [0.2, 0.25) is 0 Å². The lowest BCUT2D eigenvalue weighted by atomic mass is 10.2. The lowest BCUT2D eigenvalue weighted by Crippen LogP contribution is -2.04. The number of alkyl halides is 1. The van der Waals surface area contributed by atoms with Crippen LogP contribution in [-0.2, 0) is 5.33 Å². The Morgan fingerprint density at radius 2 is 1.46 bits per heavy atom. The van der Waals surface area contributed by atoms with Crippen LogP contribution in [0, 0.1) is 26.8 Å². The zero-order valence-corrected chi connectivity index (χ0v) is 9.72. The van der Waals surface area contributed by atoms with Crippen LogP contribution < -0.4 is 0 Å². The number of halogens is 6. The van der Waals surface area contributed by atoms with Gasteiger partial charge in [-0.3, -0.25) is 0 Å². The summed E-state index contributed by atoms with van der Waals surface area (Å²) in [5, 5.41) is -0.197. The molecule has 0 bridgehead atoms. The van der Waals surface area contributed by atoms with Crippen molar-refractivity contribution >= 4 is 38.5 Å². The van der Waals surface area contributed by atoms with Crippen LogP contribution in [0.4, 0.5) is 17.6 Å². The van der Waals surface area contributed by atoms with E-state index >= 15 is 0 Å². The van der Waals surface area contributed by atoms with Gasteiger partial charge in [0.15, 0.2) is 17.5 Å². The van der Waals surface area contributed by atoms with E-state index in [1.165, 1.54) is 22.6 Å². The molecule has 0 radical (unpaired) electrons. The molecule has 6 heteroatoms. The molecule has 0 saturated carbocycles. The summed E-state index contributed by atoms with van der Waals surface area (Å²) in [7, 11) is 0. The summed E-state index contributed by atoms with van der Waals surface area (Å²) in [6, 6.07) is 0. The molecule has 72 valence electrons. The van der Waals surface area contributed by atoms with Crippen LogP contribution >= 0.6 is 38.5 Å². The van der Waals surface area contributed by atoms with Crippen LogP contribution in [-0.4, -0.2) is 0 Å². The van der Waals surface area contributed by atoms with Crippen molar-refractivity contribution in [3.63, 3.8) is 0 Å². The van der Waals surface area contributed by atoms with Crippen LogP contribution in [0.3, 0.4) is 0 Å². The second kappa shape index (κ2) is 4.12. The van der Waals surface area contributed by atoms with E-state index in [9.17, 15) is 17.6 Å². The molecule has 0 fully saturated rings. The van der Waals surface area contributed by atoms with Gasteiger partial charge in [-0.2, -0.15) is 0 Å². The maximum Gasteiger partial charge on any atom is 0.196 e. The van der Waals surface area contributed by atoms with Crippen molar-refractivity contribution in [3.05, 3.63) is 32.4 Å². The largest absolute Gasteiger partial charge is 0.205 e. The molecule has 0 saturated heterocycles. The third-order valence-electron chi connectivity index (χ3n) is 1.43. The summed E-state index contributed by atoms with van der Waals surface area (Å²) in [6.07, 6.45) is 0. The average molecular weight is 369 g/mol. The number of benzene rings is 1. The molecule has 0 aliphatic carbocycles. The molecule has 0 aliphatic rings. The molecule has 1 aromatic carbocycles. The highest BCUT2D eigenvalue weighted by molar-refractivity contribution is 14.1. The fourth-order valence-electron chi connectivity index (χ4n) is 0.768. The van der Waals surface area contributed by atoms with E-state index < -0.39 is 32.4 Å². The number of hydrogen-bond acceptors (Lipinski definition) is 0. The Morgan fingerprint density at radius 1 is 0.923 bits per heavy atom. The third kappa shape index (κ3) is 1.83. The monoisotopic (exact) mass is 368 g/mol. The smallest absolute Gasteiger partial charge is 0.196 e. The van der Waals surface area contributed by atoms with Gasteiger partial charge in [0, 0.05) is 10.9 Å². The van der Waals surface area contributed by atoms with Crippen molar-refractivity contribution in [2.75, 3.05) is 0 Å². The van der Waals surface area contributed by atoms with Crippen LogP contribution in [0.2, 0.25) is 0 Å². The van der Waals surface area contributed by atoms with E-state index in [0.29, 0.717) is 0 Å². The molecule has 1 rings (SSSR count). The Bertz CT molecular complexity index is 324. The highest BCUT2D eigenvalue weighted by atomic mass is 127. The maximum absolute atomic E-state index is 13.0. The molecule has 0 unspecified atom stereocenters. The molecular weight excluding hydrogens is 367 g/mol. The van der Waals surface area contributed by atoms with E-state index in [4.69, 9.17) is 0 Å². The summed E-state index contributed by atoms with van der Waals surface area (Å²) < 4.78 is 50.7. The van der Waals surface area contributed by atoms with Crippen molar-refractivity contribution in [3.8, 4) is 0 Å². The van der Waals surface area contributed by atoms with Gasteiger partial charge < -0.3 is 0 Å². The van der Waals surface area contributed by atoms with Crippen molar-refractivity contribution in [2.24, 2.45) is 0 Å². The van der Waals surface area contributed by atoms with E-state index in [1.54, 1.807) is 0 Å². The first-order chi connectivity index (χ1) is 6.00. The molecule has 0 heterocycles. The van der Waals surface area contributed by atoms with E-state index in [2.05, 4.69) is 15.9 Å². The lowest BCUT2D eigenvalue weighted by molar-refractivity contribution is 0.422. The van der Waals surface area contributed by atoms with Crippen LogP contribution in [0.1, 0.15) is 5.56 Å². The van der Waals surface area contributed by atoms with Gasteiger partial charge in [-0.05, 0) is 22.6 Å². The van der Waals surface area contributed by atoms with Gasteiger partial charge in [-0.25, -0.2) is 17.6 Å². The first kappa shape index (κ1) is 11.2. The molecular formula is C7H2BrF4I. The molecule has 0 spiro atoms. The first-order valence-corrected chi connectivity index (χ1v) is 5.27. The molecule has 1 aromatic rings. The van der Waals surface area contributed by atoms with Crippen LogP contribution in [0.15, 0.2) is 0 Å². The van der Waals surface area contributed by atoms with E-state index in [-0.39, 0.29) is 5.33 Å². The predicted octanol–water partition coefficient (Wildman–Crippen LogP) is 3.74. The van der Waals surface area contributed by atoms with Crippen LogP contribution in [0.25, 0.3) is 0 Å². The summed E-state index contributed by atoms with van der Waals surface area (Å²) in [5.74, 6) is -5.67. The minimum Gasteiger partial charge on any atom is -0.205 e. The Labute approximate surface area is 93.6 Å². The zero-order valence-electron chi connectivity index (χ0n) is 5.97. The van der Waals surface area contributed by atoms with Crippen molar-refractivity contribution in [1.29, 1.82) is 0 Å². The van der Waals surface area contributed by atoms with Crippen LogP contribution in [0.5, 0.6) is 0 Å². The van der Waals surface area contributed by atoms with Crippen molar-refractivity contribution < 1.29 is 17.6 Å². The SMILES string of the molecule is Fc1c(F)c(I)c(F)c(CBr)c1F. The standard InChI is InChI=1S/C7H2BrF4I/c8-1-2-3(9)5(11)6(12)7(13)4(2)10/h1H2. The molecule has 0 aromatic heterocycles. The van der Waals surface area contributed by atoms with E-state index in [0.717, 1.165) is 0 Å². The number of hydrogen-bond donors (Lipinski definition) is 0. The molecule has 0 aliphatic heterocycles. The Hall–Kier alpha value is 0.150. The Balaban J connectivity index is 3.56. The summed E-state index contributed by atoms with van der Waals surface area (Å²) in [6.45, 7) is 0. The Kier molecular flexibility index (Phi) is 3.56. The minimum absolute atomic E-state index is 0.197. The normalized spacial score (nSPS) is 10.6. The van der Waals surface area contributed by atoms with Gasteiger partial charge in [0.25, 0.3) is 0 Å². The molecule has 13 heavy (non-hydrogen) atoms. The second-order valence-electron chi connectivity index (χ2n) is 2.18. The first-order valence-electron chi connectivity index (χ1n) is 3.07. The highest BCUT2D eigenvalue weighted by Gasteiger charge is 2.22. The second-order valence-corrected chi connectivity index (χ2v) is 3.82. The quantitative estimate of drug-likeness (QED) is 0.233. The highest BCUT2D eigenvalue weighted by Crippen LogP contribution is 2.26. The van der Waals surface area contributed by atoms with Gasteiger partial charge in [0.1, 0.15) is 5.82 Å². The van der Waals surface area contributed by atoms with Gasteiger partial charge in [-0.1, -0.05) is 15.9 Å². The summed E-state index contributed by atoms with van der Waals surface area (Å²) in [5.41, 5.74) is -0.497. The summed E-state index contributed by atoms with van der Waals surface area (Å²) in [4.78, 5) is 0. The third-order valence-corrected chi connectivity index (χ3v) is 2.94. The van der Waals surface area contributed by atoms with Crippen molar-refractivity contribution in [1.82, 2.24) is 0 Å². The lowest BCUT2D eigenvalue weighted by Gasteiger charge is -2.05. The van der Waals surface area contributed by atoms with Gasteiger partial charge in [0.05, 0.1) is 3.57 Å². The average Bonchev–Trinajstić information content (AvgIpc) is 2.13. The predicted molar refractivity (Wildman–Crippen MR) is 51.6 cm³/mol. The molecule has 0 N–H and O–H groups in total. The molecule has 0 amide bonds. The zero-order chi connectivity index (χ0) is 10.2.